The molecular formula is C61H42N2. The summed E-state index contributed by atoms with van der Waals surface area (Å²) in [7, 11) is 0. The van der Waals surface area contributed by atoms with Crippen LogP contribution in [0.1, 0.15) is 22.3 Å². The summed E-state index contributed by atoms with van der Waals surface area (Å²) in [5.74, 6) is 0. The lowest BCUT2D eigenvalue weighted by atomic mass is 9.68. The van der Waals surface area contributed by atoms with Gasteiger partial charge in [-0.3, -0.25) is 0 Å². The monoisotopic (exact) mass is 802 g/mol. The molecule has 296 valence electrons. The average Bonchev–Trinajstić information content (AvgIpc) is 3.85. The van der Waals surface area contributed by atoms with Crippen LogP contribution in [0.2, 0.25) is 0 Å². The van der Waals surface area contributed by atoms with E-state index >= 15 is 0 Å². The molecule has 0 saturated heterocycles. The number of rotatable bonds is 8. The summed E-state index contributed by atoms with van der Waals surface area (Å²) in [5.41, 5.74) is 18.9. The van der Waals surface area contributed by atoms with E-state index in [-0.39, 0.29) is 0 Å². The lowest BCUT2D eigenvalue weighted by Crippen LogP contribution is -2.28. The quantitative estimate of drug-likeness (QED) is 0.149. The molecular weight excluding hydrogens is 761 g/mol. The molecule has 10 aromatic carbocycles. The van der Waals surface area contributed by atoms with Crippen LogP contribution in [-0.4, -0.2) is 4.57 Å². The third-order valence-corrected chi connectivity index (χ3v) is 13.0. The van der Waals surface area contributed by atoms with Crippen LogP contribution < -0.4 is 4.90 Å². The maximum Gasteiger partial charge on any atom is 0.0713 e. The molecule has 0 unspecified atom stereocenters. The van der Waals surface area contributed by atoms with Crippen molar-refractivity contribution in [2.45, 2.75) is 5.41 Å². The third-order valence-electron chi connectivity index (χ3n) is 13.0. The normalized spacial score (nSPS) is 12.6. The second kappa shape index (κ2) is 15.1. The minimum absolute atomic E-state index is 0.438. The molecule has 0 bridgehead atoms. The van der Waals surface area contributed by atoms with Gasteiger partial charge in [-0.2, -0.15) is 0 Å². The first kappa shape index (κ1) is 36.6. The summed E-state index contributed by atoms with van der Waals surface area (Å²) in [6.45, 7) is 0. The number of nitrogens with zero attached hydrogens (tertiary/aromatic N) is 2. The van der Waals surface area contributed by atoms with Crippen molar-refractivity contribution in [3.63, 3.8) is 0 Å². The molecule has 0 N–H and O–H groups in total. The molecule has 11 aromatic rings. The molecule has 1 aliphatic rings. The first-order valence-corrected chi connectivity index (χ1v) is 21.8. The molecule has 2 nitrogen and oxygen atoms in total. The summed E-state index contributed by atoms with van der Waals surface area (Å²) in [4.78, 5) is 2.32. The molecule has 2 heteroatoms. The van der Waals surface area contributed by atoms with Crippen molar-refractivity contribution >= 4 is 38.9 Å². The number of hydrogen-bond acceptors (Lipinski definition) is 1. The zero-order valence-electron chi connectivity index (χ0n) is 34.6. The van der Waals surface area contributed by atoms with Crippen LogP contribution in [0.3, 0.4) is 0 Å². The van der Waals surface area contributed by atoms with Crippen molar-refractivity contribution < 1.29 is 0 Å². The van der Waals surface area contributed by atoms with Gasteiger partial charge in [-0.25, -0.2) is 0 Å². The molecule has 0 spiro atoms. The number of para-hydroxylation sites is 3. The Labute approximate surface area is 368 Å². The van der Waals surface area contributed by atoms with Crippen molar-refractivity contribution in [1.82, 2.24) is 4.57 Å². The second-order valence-corrected chi connectivity index (χ2v) is 16.5. The third kappa shape index (κ3) is 5.95. The highest BCUT2D eigenvalue weighted by molar-refractivity contribution is 6.10. The largest absolute Gasteiger partial charge is 0.310 e. The predicted molar refractivity (Wildman–Crippen MR) is 264 cm³/mol. The first-order valence-electron chi connectivity index (χ1n) is 21.8. The van der Waals surface area contributed by atoms with E-state index in [2.05, 4.69) is 264 Å². The van der Waals surface area contributed by atoms with Crippen molar-refractivity contribution in [1.29, 1.82) is 0 Å². The molecule has 0 radical (unpaired) electrons. The Morgan fingerprint density at radius 1 is 0.302 bits per heavy atom. The molecule has 0 atom stereocenters. The van der Waals surface area contributed by atoms with E-state index in [4.69, 9.17) is 0 Å². The van der Waals surface area contributed by atoms with Crippen LogP contribution in [0.25, 0.3) is 60.9 Å². The van der Waals surface area contributed by atoms with Gasteiger partial charge < -0.3 is 9.47 Å². The van der Waals surface area contributed by atoms with Gasteiger partial charge in [0.2, 0.25) is 0 Å². The summed E-state index contributed by atoms with van der Waals surface area (Å²) < 4.78 is 2.47. The number of hydrogen-bond donors (Lipinski definition) is 0. The number of fused-ring (bicyclic) bond motifs is 6. The average molecular weight is 803 g/mol. The van der Waals surface area contributed by atoms with Crippen LogP contribution in [0.4, 0.5) is 17.1 Å². The minimum atomic E-state index is -0.438. The molecule has 1 aromatic heterocycles. The lowest BCUT2D eigenvalue weighted by Gasteiger charge is -2.33. The van der Waals surface area contributed by atoms with Gasteiger partial charge >= 0.3 is 0 Å². The molecule has 0 amide bonds. The summed E-state index contributed by atoms with van der Waals surface area (Å²) >= 11 is 0. The number of benzene rings is 10. The van der Waals surface area contributed by atoms with Gasteiger partial charge in [-0.1, -0.05) is 188 Å². The Hall–Kier alpha value is -8.20. The fourth-order valence-corrected chi connectivity index (χ4v) is 10.3. The van der Waals surface area contributed by atoms with Crippen molar-refractivity contribution in [3.05, 3.63) is 277 Å². The molecule has 1 heterocycles. The predicted octanol–water partition coefficient (Wildman–Crippen LogP) is 16.0. The second-order valence-electron chi connectivity index (χ2n) is 16.5. The van der Waals surface area contributed by atoms with Gasteiger partial charge in [-0.15, -0.1) is 0 Å². The molecule has 1 aliphatic carbocycles. The molecule has 0 aliphatic heterocycles. The fourth-order valence-electron chi connectivity index (χ4n) is 10.3. The summed E-state index contributed by atoms with van der Waals surface area (Å²) in [5, 5.41) is 2.48. The molecule has 0 fully saturated rings. The standard InChI is InChI=1S/C61H42N2/c1-5-22-47(23-6-1)61(48-24-7-2-8-25-48)57-33-15-13-31-53(57)56-42-52(36-38-58(56)61)63-59-34-16-14-32-54(59)55-37-35-46(41-60(55)63)44-20-17-19-43(39-44)45-21-18-30-51(40-45)62(49-26-9-3-10-27-49)50-28-11-4-12-29-50/h1-42H. The highest BCUT2D eigenvalue weighted by Gasteiger charge is 2.46. The Morgan fingerprint density at radius 3 is 1.49 bits per heavy atom. The van der Waals surface area contributed by atoms with Gasteiger partial charge in [-0.05, 0) is 122 Å². The van der Waals surface area contributed by atoms with E-state index < -0.39 is 5.41 Å². The van der Waals surface area contributed by atoms with Crippen molar-refractivity contribution in [2.24, 2.45) is 0 Å². The van der Waals surface area contributed by atoms with Crippen LogP contribution in [-0.2, 0) is 5.41 Å². The van der Waals surface area contributed by atoms with Gasteiger partial charge in [0, 0.05) is 33.5 Å². The summed E-state index contributed by atoms with van der Waals surface area (Å²) in [6.07, 6.45) is 0. The maximum atomic E-state index is 2.47. The van der Waals surface area contributed by atoms with E-state index in [9.17, 15) is 0 Å². The Bertz CT molecular complexity index is 3360. The Balaban J connectivity index is 0.991. The van der Waals surface area contributed by atoms with Crippen molar-refractivity contribution in [3.8, 4) is 39.1 Å². The van der Waals surface area contributed by atoms with Crippen LogP contribution in [0.5, 0.6) is 0 Å². The smallest absolute Gasteiger partial charge is 0.0713 e. The van der Waals surface area contributed by atoms with E-state index in [1.807, 2.05) is 0 Å². The van der Waals surface area contributed by atoms with Gasteiger partial charge in [0.15, 0.2) is 0 Å². The highest BCUT2D eigenvalue weighted by Crippen LogP contribution is 2.56. The van der Waals surface area contributed by atoms with Gasteiger partial charge in [0.05, 0.1) is 16.4 Å². The fraction of sp³-hybridized carbons (Fsp3) is 0.0164. The Kier molecular flexibility index (Phi) is 8.76. The summed E-state index contributed by atoms with van der Waals surface area (Å²) in [6, 6.07) is 93.1. The zero-order chi connectivity index (χ0) is 41.7. The highest BCUT2D eigenvalue weighted by atomic mass is 15.1. The van der Waals surface area contributed by atoms with E-state index in [1.54, 1.807) is 0 Å². The van der Waals surface area contributed by atoms with Crippen LogP contribution in [0, 0.1) is 0 Å². The van der Waals surface area contributed by atoms with Gasteiger partial charge in [0.1, 0.15) is 0 Å². The van der Waals surface area contributed by atoms with E-state index in [1.165, 1.54) is 77.4 Å². The lowest BCUT2D eigenvalue weighted by molar-refractivity contribution is 0.768. The first-order chi connectivity index (χ1) is 31.3. The van der Waals surface area contributed by atoms with Gasteiger partial charge in [0.25, 0.3) is 0 Å². The van der Waals surface area contributed by atoms with Crippen molar-refractivity contribution in [2.75, 3.05) is 4.90 Å². The maximum absolute atomic E-state index is 2.47. The number of anilines is 3. The van der Waals surface area contributed by atoms with Crippen LogP contribution in [0.15, 0.2) is 255 Å². The van der Waals surface area contributed by atoms with E-state index in [0.717, 1.165) is 22.7 Å². The Morgan fingerprint density at radius 2 is 0.810 bits per heavy atom. The SMILES string of the molecule is c1ccc(N(c2ccccc2)c2cccc(-c3cccc(-c4ccc5c6ccccc6n(-c6ccc7c(c6)-c6ccccc6C7(c6ccccc6)c6ccccc6)c5c4)c3)c2)cc1. The molecule has 0 saturated carbocycles. The molecule has 12 rings (SSSR count). The zero-order valence-corrected chi connectivity index (χ0v) is 34.6. The van der Waals surface area contributed by atoms with E-state index in [0.29, 0.717) is 0 Å². The topological polar surface area (TPSA) is 8.17 Å². The number of aromatic nitrogens is 1. The minimum Gasteiger partial charge on any atom is -0.310 e. The van der Waals surface area contributed by atoms with Crippen LogP contribution >= 0.6 is 0 Å². The molecule has 63 heavy (non-hydrogen) atoms.